The molecule has 7 nitrogen and oxygen atoms in total. The summed E-state index contributed by atoms with van der Waals surface area (Å²) in [5.74, 6) is -1.01. The molecule has 2 N–H and O–H groups in total. The lowest BCUT2D eigenvalue weighted by Gasteiger charge is -2.16. The Morgan fingerprint density at radius 3 is 2.26 bits per heavy atom. The highest BCUT2D eigenvalue weighted by molar-refractivity contribution is 7.80. The van der Waals surface area contributed by atoms with Gasteiger partial charge in [0.15, 0.2) is 5.11 Å². The summed E-state index contributed by atoms with van der Waals surface area (Å²) in [6.45, 7) is 0. The largest absolute Gasteiger partial charge is 0.497 e. The summed E-state index contributed by atoms with van der Waals surface area (Å²) in [6, 6.07) is 13.0. The maximum atomic E-state index is 12.4. The van der Waals surface area contributed by atoms with E-state index in [1.165, 1.54) is 13.2 Å². The third kappa shape index (κ3) is 4.18. The van der Waals surface area contributed by atoms with Gasteiger partial charge in [0.1, 0.15) is 17.1 Å². The van der Waals surface area contributed by atoms with Crippen molar-refractivity contribution in [2.24, 2.45) is 0 Å². The minimum Gasteiger partial charge on any atom is -0.497 e. The zero-order valence-corrected chi connectivity index (χ0v) is 15.0. The smallest absolute Gasteiger partial charge is 0.343 e. The van der Waals surface area contributed by atoms with Crippen molar-refractivity contribution in [3.63, 3.8) is 0 Å². The fourth-order valence-electron chi connectivity index (χ4n) is 2.34. The highest BCUT2D eigenvalue weighted by Gasteiger charge is 2.26. The monoisotopic (exact) mass is 382 g/mol. The van der Waals surface area contributed by atoms with E-state index in [1.54, 1.807) is 48.5 Å². The molecule has 0 radical (unpaired) electrons. The Bertz CT molecular complexity index is 944. The van der Waals surface area contributed by atoms with Gasteiger partial charge in [-0.25, -0.2) is 4.79 Å². The second kappa shape index (κ2) is 7.79. The Balaban J connectivity index is 1.86. The van der Waals surface area contributed by atoms with Gasteiger partial charge in [-0.15, -0.1) is 0 Å². The molecule has 3 rings (SSSR count). The number of thiocarbonyl (C=S) groups is 1. The van der Waals surface area contributed by atoms with Crippen molar-refractivity contribution in [1.29, 1.82) is 0 Å². The first-order valence-corrected chi connectivity index (χ1v) is 8.22. The second-order valence-electron chi connectivity index (χ2n) is 5.45. The second-order valence-corrected chi connectivity index (χ2v) is 5.86. The molecule has 27 heavy (non-hydrogen) atoms. The van der Waals surface area contributed by atoms with E-state index in [0.717, 1.165) is 0 Å². The quantitative estimate of drug-likeness (QED) is 0.276. The van der Waals surface area contributed by atoms with Gasteiger partial charge >= 0.3 is 5.97 Å². The maximum Gasteiger partial charge on any atom is 0.343 e. The lowest BCUT2D eigenvalue weighted by atomic mass is 10.1. The standard InChI is InChI=1S/C19H14N2O5S/c1-25-13-8-6-11(7-9-13)18(24)26-15-5-3-2-4-12(15)10-14-16(22)20-19(27)21-17(14)23/h2-10H,1H3,(H2,20,21,22,23,27). The molecule has 8 heteroatoms. The van der Waals surface area contributed by atoms with Crippen LogP contribution in [-0.4, -0.2) is 30.0 Å². The summed E-state index contributed by atoms with van der Waals surface area (Å²) in [7, 11) is 1.53. The molecule has 0 spiro atoms. The van der Waals surface area contributed by atoms with Crippen LogP contribution in [0.3, 0.4) is 0 Å². The van der Waals surface area contributed by atoms with Crippen LogP contribution in [0, 0.1) is 0 Å². The Hall–Kier alpha value is -3.52. The number of methoxy groups -OCH3 is 1. The SMILES string of the molecule is COc1ccc(C(=O)Oc2ccccc2C=C2C(=O)NC(=S)NC2=O)cc1. The molecule has 0 aliphatic carbocycles. The van der Waals surface area contributed by atoms with E-state index in [0.29, 0.717) is 16.9 Å². The number of rotatable bonds is 4. The lowest BCUT2D eigenvalue weighted by Crippen LogP contribution is -2.51. The number of hydrogen-bond donors (Lipinski definition) is 2. The van der Waals surface area contributed by atoms with Crippen LogP contribution in [-0.2, 0) is 9.59 Å². The van der Waals surface area contributed by atoms with Gasteiger partial charge in [-0.1, -0.05) is 18.2 Å². The van der Waals surface area contributed by atoms with Crippen molar-refractivity contribution < 1.29 is 23.9 Å². The number of ether oxygens (including phenoxy) is 2. The molecular weight excluding hydrogens is 368 g/mol. The van der Waals surface area contributed by atoms with Crippen molar-refractivity contribution in [1.82, 2.24) is 10.6 Å². The Labute approximate surface area is 160 Å². The third-order valence-electron chi connectivity index (χ3n) is 3.69. The van der Waals surface area contributed by atoms with Gasteiger partial charge in [-0.3, -0.25) is 20.2 Å². The lowest BCUT2D eigenvalue weighted by molar-refractivity contribution is -0.123. The first kappa shape index (κ1) is 18.3. The van der Waals surface area contributed by atoms with Crippen LogP contribution >= 0.6 is 12.2 Å². The maximum absolute atomic E-state index is 12.4. The first-order valence-electron chi connectivity index (χ1n) is 7.81. The van der Waals surface area contributed by atoms with E-state index in [9.17, 15) is 14.4 Å². The predicted octanol–water partition coefficient (Wildman–Crippen LogP) is 1.83. The summed E-state index contributed by atoms with van der Waals surface area (Å²) in [5, 5.41) is 4.64. The van der Waals surface area contributed by atoms with Crippen LogP contribution in [0.15, 0.2) is 54.1 Å². The number of amides is 2. The number of para-hydroxylation sites is 1. The normalized spacial score (nSPS) is 13.5. The molecule has 1 heterocycles. The van der Waals surface area contributed by atoms with Crippen molar-refractivity contribution >= 4 is 41.2 Å². The van der Waals surface area contributed by atoms with Crippen LogP contribution < -0.4 is 20.1 Å². The molecule has 1 aliphatic heterocycles. The third-order valence-corrected chi connectivity index (χ3v) is 3.89. The molecule has 1 saturated heterocycles. The van der Waals surface area contributed by atoms with Gasteiger partial charge in [-0.2, -0.15) is 0 Å². The molecule has 1 fully saturated rings. The molecule has 2 aromatic carbocycles. The number of benzene rings is 2. The van der Waals surface area contributed by atoms with E-state index in [4.69, 9.17) is 21.7 Å². The number of nitrogens with one attached hydrogen (secondary N) is 2. The highest BCUT2D eigenvalue weighted by Crippen LogP contribution is 2.23. The summed E-state index contributed by atoms with van der Waals surface area (Å²) in [4.78, 5) is 36.3. The van der Waals surface area contributed by atoms with E-state index < -0.39 is 17.8 Å². The number of esters is 1. The molecule has 0 aromatic heterocycles. The zero-order valence-electron chi connectivity index (χ0n) is 14.1. The van der Waals surface area contributed by atoms with Gasteiger partial charge < -0.3 is 9.47 Å². The summed E-state index contributed by atoms with van der Waals surface area (Å²) in [5.41, 5.74) is 0.584. The fourth-order valence-corrected chi connectivity index (χ4v) is 2.53. The molecule has 2 aromatic rings. The van der Waals surface area contributed by atoms with Gasteiger partial charge in [0.05, 0.1) is 12.7 Å². The van der Waals surface area contributed by atoms with Gasteiger partial charge in [0, 0.05) is 5.56 Å². The molecule has 0 bridgehead atoms. The minimum atomic E-state index is -0.625. The Kier molecular flexibility index (Phi) is 5.28. The average Bonchev–Trinajstić information content (AvgIpc) is 2.66. The number of carbonyl (C=O) groups excluding carboxylic acids is 3. The minimum absolute atomic E-state index is 0.0543. The summed E-state index contributed by atoms with van der Waals surface area (Å²) >= 11 is 4.76. The van der Waals surface area contributed by atoms with Crippen LogP contribution in [0.5, 0.6) is 11.5 Å². The van der Waals surface area contributed by atoms with E-state index in [1.807, 2.05) is 0 Å². The number of hydrogen-bond acceptors (Lipinski definition) is 6. The van der Waals surface area contributed by atoms with Crippen molar-refractivity contribution in [2.75, 3.05) is 7.11 Å². The molecule has 0 saturated carbocycles. The Morgan fingerprint density at radius 1 is 1.00 bits per heavy atom. The molecule has 2 amide bonds. The average molecular weight is 382 g/mol. The highest BCUT2D eigenvalue weighted by atomic mass is 32.1. The molecule has 0 unspecified atom stereocenters. The fraction of sp³-hybridized carbons (Fsp3) is 0.0526. The van der Waals surface area contributed by atoms with Crippen molar-refractivity contribution in [3.05, 3.63) is 65.2 Å². The first-order chi connectivity index (χ1) is 13.0. The van der Waals surface area contributed by atoms with Crippen LogP contribution in [0.25, 0.3) is 6.08 Å². The number of carbonyl (C=O) groups is 3. The van der Waals surface area contributed by atoms with Crippen LogP contribution in [0.1, 0.15) is 15.9 Å². The van der Waals surface area contributed by atoms with Crippen molar-refractivity contribution in [2.45, 2.75) is 0 Å². The van der Waals surface area contributed by atoms with Crippen LogP contribution in [0.4, 0.5) is 0 Å². The molecule has 0 atom stereocenters. The van der Waals surface area contributed by atoms with E-state index in [-0.39, 0.29) is 16.4 Å². The van der Waals surface area contributed by atoms with Crippen molar-refractivity contribution in [3.8, 4) is 11.5 Å². The topological polar surface area (TPSA) is 93.7 Å². The predicted molar refractivity (Wildman–Crippen MR) is 101 cm³/mol. The van der Waals surface area contributed by atoms with E-state index >= 15 is 0 Å². The van der Waals surface area contributed by atoms with Crippen LogP contribution in [0.2, 0.25) is 0 Å². The van der Waals surface area contributed by atoms with Gasteiger partial charge in [-0.05, 0) is 48.6 Å². The Morgan fingerprint density at radius 2 is 1.63 bits per heavy atom. The molecule has 136 valence electrons. The zero-order chi connectivity index (χ0) is 19.4. The van der Waals surface area contributed by atoms with E-state index in [2.05, 4.69) is 10.6 Å². The summed E-state index contributed by atoms with van der Waals surface area (Å²) in [6.07, 6.45) is 1.34. The molecule has 1 aliphatic rings. The van der Waals surface area contributed by atoms with Gasteiger partial charge in [0.25, 0.3) is 11.8 Å². The van der Waals surface area contributed by atoms with Gasteiger partial charge in [0.2, 0.25) is 0 Å². The molecular formula is C19H14N2O5S. The summed E-state index contributed by atoms with van der Waals surface area (Å²) < 4.78 is 10.5.